The van der Waals surface area contributed by atoms with Crippen LogP contribution in [0.15, 0.2) is 24.5 Å². The lowest BCUT2D eigenvalue weighted by Crippen LogP contribution is -2.24. The first kappa shape index (κ1) is 14.8. The van der Waals surface area contributed by atoms with Crippen molar-refractivity contribution >= 4 is 5.82 Å². The predicted octanol–water partition coefficient (Wildman–Crippen LogP) is 1.92. The molecule has 0 aromatic carbocycles. The van der Waals surface area contributed by atoms with Crippen LogP contribution in [0.3, 0.4) is 0 Å². The molecule has 1 aliphatic carbocycles. The third-order valence-electron chi connectivity index (χ3n) is 4.49. The molecule has 1 saturated carbocycles. The van der Waals surface area contributed by atoms with Gasteiger partial charge in [-0.25, -0.2) is 9.97 Å². The first-order valence-electron chi connectivity index (χ1n) is 8.26. The van der Waals surface area contributed by atoms with E-state index in [1.807, 2.05) is 12.1 Å². The van der Waals surface area contributed by atoms with E-state index in [9.17, 15) is 0 Å². The summed E-state index contributed by atoms with van der Waals surface area (Å²) < 4.78 is 5.78. The largest absolute Gasteiger partial charge is 0.476 e. The molecule has 1 aliphatic heterocycles. The summed E-state index contributed by atoms with van der Waals surface area (Å²) in [6.45, 7) is 2.25. The summed E-state index contributed by atoms with van der Waals surface area (Å²) in [6, 6.07) is 6.02. The van der Waals surface area contributed by atoms with Gasteiger partial charge in [-0.1, -0.05) is 0 Å². The highest BCUT2D eigenvalue weighted by atomic mass is 16.5. The van der Waals surface area contributed by atoms with Gasteiger partial charge < -0.3 is 9.64 Å². The Morgan fingerprint density at radius 1 is 1.17 bits per heavy atom. The van der Waals surface area contributed by atoms with Gasteiger partial charge in [0.1, 0.15) is 6.07 Å². The molecule has 0 radical (unpaired) electrons. The van der Waals surface area contributed by atoms with Gasteiger partial charge in [0.25, 0.3) is 0 Å². The van der Waals surface area contributed by atoms with Crippen molar-refractivity contribution in [2.45, 2.75) is 25.2 Å². The topological polar surface area (TPSA) is 87.8 Å². The minimum Gasteiger partial charge on any atom is -0.476 e. The highest BCUT2D eigenvalue weighted by molar-refractivity contribution is 5.50. The van der Waals surface area contributed by atoms with E-state index in [0.29, 0.717) is 35.8 Å². The molecule has 7 nitrogen and oxygen atoms in total. The van der Waals surface area contributed by atoms with Crippen LogP contribution in [0.2, 0.25) is 0 Å². The molecule has 24 heavy (non-hydrogen) atoms. The maximum Gasteiger partial charge on any atom is 0.233 e. The van der Waals surface area contributed by atoms with Gasteiger partial charge in [0.2, 0.25) is 5.88 Å². The van der Waals surface area contributed by atoms with E-state index in [1.165, 1.54) is 12.8 Å². The number of anilines is 1. The van der Waals surface area contributed by atoms with Crippen LogP contribution in [0.5, 0.6) is 5.88 Å². The lowest BCUT2D eigenvalue weighted by molar-refractivity contribution is 0.249. The van der Waals surface area contributed by atoms with Crippen molar-refractivity contribution in [2.24, 2.45) is 5.92 Å². The van der Waals surface area contributed by atoms with Gasteiger partial charge in [-0.2, -0.15) is 10.4 Å². The minimum absolute atomic E-state index is 0.376. The maximum absolute atomic E-state index is 9.14. The van der Waals surface area contributed by atoms with Crippen molar-refractivity contribution in [3.05, 3.63) is 35.9 Å². The SMILES string of the molecule is N#Cc1nccnc1N1CCC(COc2ccc(C3CC3)nn2)C1. The average molecular weight is 322 g/mol. The Morgan fingerprint density at radius 2 is 2.04 bits per heavy atom. The van der Waals surface area contributed by atoms with Gasteiger partial charge in [0.15, 0.2) is 11.5 Å². The van der Waals surface area contributed by atoms with E-state index in [-0.39, 0.29) is 0 Å². The molecule has 2 aromatic rings. The molecule has 0 amide bonds. The van der Waals surface area contributed by atoms with Crippen LogP contribution in [-0.4, -0.2) is 39.9 Å². The van der Waals surface area contributed by atoms with Crippen molar-refractivity contribution in [1.82, 2.24) is 20.2 Å². The zero-order valence-electron chi connectivity index (χ0n) is 13.3. The van der Waals surface area contributed by atoms with E-state index >= 15 is 0 Å². The number of nitriles is 1. The second kappa shape index (κ2) is 6.40. The zero-order valence-corrected chi connectivity index (χ0v) is 13.3. The molecule has 7 heteroatoms. The number of rotatable bonds is 5. The second-order valence-corrected chi connectivity index (χ2v) is 6.32. The summed E-state index contributed by atoms with van der Waals surface area (Å²) in [4.78, 5) is 10.5. The maximum atomic E-state index is 9.14. The fourth-order valence-corrected chi connectivity index (χ4v) is 3.01. The number of hydrogen-bond acceptors (Lipinski definition) is 7. The lowest BCUT2D eigenvalue weighted by Gasteiger charge is -2.17. The molecule has 1 unspecified atom stereocenters. The quantitative estimate of drug-likeness (QED) is 0.831. The second-order valence-electron chi connectivity index (χ2n) is 6.32. The Balaban J connectivity index is 1.33. The smallest absolute Gasteiger partial charge is 0.233 e. The third kappa shape index (κ3) is 3.13. The Morgan fingerprint density at radius 3 is 2.79 bits per heavy atom. The van der Waals surface area contributed by atoms with E-state index < -0.39 is 0 Å². The Kier molecular flexibility index (Phi) is 3.95. The molecule has 2 fully saturated rings. The van der Waals surface area contributed by atoms with Gasteiger partial charge in [0, 0.05) is 43.4 Å². The average Bonchev–Trinajstić information content (AvgIpc) is 3.38. The van der Waals surface area contributed by atoms with Crippen molar-refractivity contribution in [1.29, 1.82) is 5.26 Å². The Bertz CT molecular complexity index is 752. The van der Waals surface area contributed by atoms with E-state index in [4.69, 9.17) is 10.00 Å². The molecule has 1 atom stereocenters. The van der Waals surface area contributed by atoms with Crippen LogP contribution in [0.4, 0.5) is 5.82 Å². The fourth-order valence-electron chi connectivity index (χ4n) is 3.01. The minimum atomic E-state index is 0.376. The van der Waals surface area contributed by atoms with Crippen molar-refractivity contribution in [3.8, 4) is 11.9 Å². The molecule has 3 heterocycles. The Hall–Kier alpha value is -2.75. The van der Waals surface area contributed by atoms with E-state index in [0.717, 1.165) is 25.2 Å². The standard InChI is InChI=1S/C17H18N6O/c18-9-15-17(20-7-6-19-15)23-8-5-12(10-23)11-24-16-4-3-14(21-22-16)13-1-2-13/h3-4,6-7,12-13H,1-2,5,8,10-11H2. The molecule has 0 N–H and O–H groups in total. The van der Waals surface area contributed by atoms with E-state index in [1.54, 1.807) is 12.4 Å². The van der Waals surface area contributed by atoms with Gasteiger partial charge >= 0.3 is 0 Å². The molecule has 4 rings (SSSR count). The third-order valence-corrected chi connectivity index (χ3v) is 4.49. The highest BCUT2D eigenvalue weighted by Gasteiger charge is 2.27. The summed E-state index contributed by atoms with van der Waals surface area (Å²) in [7, 11) is 0. The Labute approximate surface area is 140 Å². The number of nitrogens with zero attached hydrogens (tertiary/aromatic N) is 6. The predicted molar refractivity (Wildman–Crippen MR) is 86.6 cm³/mol. The highest BCUT2D eigenvalue weighted by Crippen LogP contribution is 2.38. The monoisotopic (exact) mass is 322 g/mol. The van der Waals surface area contributed by atoms with Crippen LogP contribution >= 0.6 is 0 Å². The molecule has 2 aliphatic rings. The molecule has 0 spiro atoms. The summed E-state index contributed by atoms with van der Waals surface area (Å²) in [5, 5.41) is 17.5. The van der Waals surface area contributed by atoms with Gasteiger partial charge in [-0.15, -0.1) is 5.10 Å². The molecular formula is C17H18N6O. The fraction of sp³-hybridized carbons (Fsp3) is 0.471. The van der Waals surface area contributed by atoms with Crippen LogP contribution in [0.1, 0.15) is 36.6 Å². The van der Waals surface area contributed by atoms with Gasteiger partial charge in [-0.3, -0.25) is 0 Å². The molecule has 122 valence electrons. The van der Waals surface area contributed by atoms with Crippen LogP contribution in [0.25, 0.3) is 0 Å². The van der Waals surface area contributed by atoms with Crippen LogP contribution < -0.4 is 9.64 Å². The summed E-state index contributed by atoms with van der Waals surface area (Å²) in [5.41, 5.74) is 1.45. The van der Waals surface area contributed by atoms with Crippen molar-refractivity contribution < 1.29 is 4.74 Å². The summed E-state index contributed by atoms with van der Waals surface area (Å²) >= 11 is 0. The number of hydrogen-bond donors (Lipinski definition) is 0. The van der Waals surface area contributed by atoms with E-state index in [2.05, 4.69) is 31.1 Å². The molecular weight excluding hydrogens is 304 g/mol. The van der Waals surface area contributed by atoms with Gasteiger partial charge in [-0.05, 0) is 25.3 Å². The number of ether oxygens (including phenoxy) is 1. The zero-order chi connectivity index (χ0) is 16.4. The lowest BCUT2D eigenvalue weighted by atomic mass is 10.1. The molecule has 2 aromatic heterocycles. The van der Waals surface area contributed by atoms with Crippen molar-refractivity contribution in [3.63, 3.8) is 0 Å². The first-order valence-corrected chi connectivity index (χ1v) is 8.26. The molecule has 1 saturated heterocycles. The van der Waals surface area contributed by atoms with Crippen LogP contribution in [0, 0.1) is 17.2 Å². The summed E-state index contributed by atoms with van der Waals surface area (Å²) in [5.74, 6) is 2.23. The van der Waals surface area contributed by atoms with Crippen molar-refractivity contribution in [2.75, 3.05) is 24.6 Å². The molecule has 0 bridgehead atoms. The number of aromatic nitrogens is 4. The summed E-state index contributed by atoms with van der Waals surface area (Å²) in [6.07, 6.45) is 6.61. The van der Waals surface area contributed by atoms with Gasteiger partial charge in [0.05, 0.1) is 12.3 Å². The first-order chi connectivity index (χ1) is 11.8. The normalized spacial score (nSPS) is 20.0. The van der Waals surface area contributed by atoms with Crippen LogP contribution in [-0.2, 0) is 0 Å².